The molecule has 0 N–H and O–H groups in total. The van der Waals surface area contributed by atoms with Crippen LogP contribution in [0.25, 0.3) is 0 Å². The van der Waals surface area contributed by atoms with Gasteiger partial charge in [-0.05, 0) is 5.92 Å². The van der Waals surface area contributed by atoms with E-state index in [4.69, 9.17) is 0 Å². The van der Waals surface area contributed by atoms with Gasteiger partial charge in [0.05, 0.1) is 0 Å². The molecule has 3 heteroatoms. The SMILES string of the molecule is CCCC(C)C.[Cl-].[Cl-].[Fe+2]. The Morgan fingerprint density at radius 3 is 1.44 bits per heavy atom. The number of rotatable bonds is 2. The zero-order valence-corrected chi connectivity index (χ0v) is 8.72. The summed E-state index contributed by atoms with van der Waals surface area (Å²) >= 11 is 0. The summed E-state index contributed by atoms with van der Waals surface area (Å²) < 4.78 is 0. The molecule has 0 aromatic heterocycles. The average molecular weight is 213 g/mol. The minimum atomic E-state index is 0. The maximum absolute atomic E-state index is 2.25. The van der Waals surface area contributed by atoms with Crippen molar-refractivity contribution in [2.75, 3.05) is 0 Å². The normalized spacial score (nSPS) is 6.67. The fraction of sp³-hybridized carbons (Fsp3) is 1.00. The number of halogens is 2. The summed E-state index contributed by atoms with van der Waals surface area (Å²) in [7, 11) is 0. The summed E-state index contributed by atoms with van der Waals surface area (Å²) in [6, 6.07) is 0. The van der Waals surface area contributed by atoms with E-state index < -0.39 is 0 Å². The summed E-state index contributed by atoms with van der Waals surface area (Å²) in [5.41, 5.74) is 0. The zero-order valence-electron chi connectivity index (χ0n) is 6.10. The Balaban J connectivity index is -0.0000000417. The summed E-state index contributed by atoms with van der Waals surface area (Å²) in [4.78, 5) is 0. The van der Waals surface area contributed by atoms with Crippen molar-refractivity contribution in [3.63, 3.8) is 0 Å². The van der Waals surface area contributed by atoms with Crippen LogP contribution in [0.4, 0.5) is 0 Å². The van der Waals surface area contributed by atoms with Crippen molar-refractivity contribution in [3.8, 4) is 0 Å². The molecule has 0 rings (SSSR count). The predicted molar refractivity (Wildman–Crippen MR) is 29.7 cm³/mol. The number of hydrogen-bond donors (Lipinski definition) is 0. The first kappa shape index (κ1) is 22.5. The summed E-state index contributed by atoms with van der Waals surface area (Å²) in [6.45, 7) is 6.73. The molecule has 0 atom stereocenters. The van der Waals surface area contributed by atoms with Crippen molar-refractivity contribution in [3.05, 3.63) is 0 Å². The van der Waals surface area contributed by atoms with Crippen LogP contribution in [0, 0.1) is 5.92 Å². The van der Waals surface area contributed by atoms with Crippen LogP contribution < -0.4 is 24.8 Å². The van der Waals surface area contributed by atoms with Gasteiger partial charge in [-0.1, -0.05) is 33.6 Å². The van der Waals surface area contributed by atoms with E-state index in [0.29, 0.717) is 0 Å². The van der Waals surface area contributed by atoms with Crippen LogP contribution in [-0.4, -0.2) is 0 Å². The molecule has 0 heterocycles. The Bertz CT molecular complexity index is 32.2. The molecule has 0 radical (unpaired) electrons. The Hall–Kier alpha value is 1.10. The predicted octanol–water partition coefficient (Wildman–Crippen LogP) is -3.55. The van der Waals surface area contributed by atoms with E-state index >= 15 is 0 Å². The quantitative estimate of drug-likeness (QED) is 0.416. The topological polar surface area (TPSA) is 0 Å². The van der Waals surface area contributed by atoms with E-state index in [1.165, 1.54) is 12.8 Å². The maximum Gasteiger partial charge on any atom is 2.00 e. The fourth-order valence-corrected chi connectivity index (χ4v) is 0.577. The van der Waals surface area contributed by atoms with Gasteiger partial charge in [-0.15, -0.1) is 0 Å². The first-order valence-electron chi connectivity index (χ1n) is 2.77. The van der Waals surface area contributed by atoms with Crippen LogP contribution in [0.5, 0.6) is 0 Å². The van der Waals surface area contributed by atoms with Crippen molar-refractivity contribution >= 4 is 0 Å². The first-order chi connectivity index (χ1) is 2.77. The second-order valence-corrected chi connectivity index (χ2v) is 2.18. The Morgan fingerprint density at radius 1 is 1.11 bits per heavy atom. The van der Waals surface area contributed by atoms with Crippen molar-refractivity contribution in [1.82, 2.24) is 0 Å². The van der Waals surface area contributed by atoms with E-state index in [1.54, 1.807) is 0 Å². The fourth-order valence-electron chi connectivity index (χ4n) is 0.577. The molecular weight excluding hydrogens is 199 g/mol. The average Bonchev–Trinajstić information content (AvgIpc) is 1.35. The van der Waals surface area contributed by atoms with Crippen LogP contribution in [0.15, 0.2) is 0 Å². The molecule has 0 unspecified atom stereocenters. The molecule has 0 spiro atoms. The molecule has 0 bridgehead atoms. The van der Waals surface area contributed by atoms with Gasteiger partial charge >= 0.3 is 17.1 Å². The zero-order chi connectivity index (χ0) is 4.99. The third kappa shape index (κ3) is 27.3. The first-order valence-corrected chi connectivity index (χ1v) is 2.77. The van der Waals surface area contributed by atoms with Gasteiger partial charge in [-0.3, -0.25) is 0 Å². The van der Waals surface area contributed by atoms with Crippen LogP contribution in [0.2, 0.25) is 0 Å². The van der Waals surface area contributed by atoms with Crippen molar-refractivity contribution in [2.45, 2.75) is 33.6 Å². The van der Waals surface area contributed by atoms with E-state index in [1.807, 2.05) is 0 Å². The smallest absolute Gasteiger partial charge is 1.00 e. The second-order valence-electron chi connectivity index (χ2n) is 2.18. The molecule has 0 saturated carbocycles. The van der Waals surface area contributed by atoms with Crippen molar-refractivity contribution in [2.24, 2.45) is 5.92 Å². The van der Waals surface area contributed by atoms with E-state index in [0.717, 1.165) is 5.92 Å². The van der Waals surface area contributed by atoms with Crippen LogP contribution in [0.3, 0.4) is 0 Å². The van der Waals surface area contributed by atoms with Gasteiger partial charge in [-0.25, -0.2) is 0 Å². The van der Waals surface area contributed by atoms with Crippen LogP contribution in [0.1, 0.15) is 33.6 Å². The van der Waals surface area contributed by atoms with Crippen LogP contribution in [-0.2, 0) is 17.1 Å². The Labute approximate surface area is 81.5 Å². The maximum atomic E-state index is 2.25. The van der Waals surface area contributed by atoms with E-state index in [2.05, 4.69) is 20.8 Å². The molecule has 0 aliphatic carbocycles. The van der Waals surface area contributed by atoms with Crippen molar-refractivity contribution < 1.29 is 41.9 Å². The van der Waals surface area contributed by atoms with E-state index in [-0.39, 0.29) is 41.9 Å². The monoisotopic (exact) mass is 212 g/mol. The third-order valence-corrected chi connectivity index (χ3v) is 0.866. The molecule has 0 aliphatic rings. The van der Waals surface area contributed by atoms with Gasteiger partial charge in [0.2, 0.25) is 0 Å². The van der Waals surface area contributed by atoms with Gasteiger partial charge in [0.1, 0.15) is 0 Å². The summed E-state index contributed by atoms with van der Waals surface area (Å²) in [6.07, 6.45) is 2.71. The summed E-state index contributed by atoms with van der Waals surface area (Å²) in [5, 5.41) is 0. The van der Waals surface area contributed by atoms with E-state index in [9.17, 15) is 0 Å². The molecular formula is C6H14Cl2Fe. The molecule has 0 fully saturated rings. The van der Waals surface area contributed by atoms with Crippen LogP contribution >= 0.6 is 0 Å². The standard InChI is InChI=1S/C6H14.2ClH.Fe/c1-4-5-6(2)3;;;/h6H,4-5H2,1-3H3;2*1H;/q;;;+2/p-2. The molecule has 0 aliphatic heterocycles. The molecule has 0 nitrogen and oxygen atoms in total. The Kier molecular flexibility index (Phi) is 40.1. The molecule has 0 aromatic carbocycles. The minimum absolute atomic E-state index is 0. The van der Waals surface area contributed by atoms with Gasteiger partial charge in [0.15, 0.2) is 0 Å². The second kappa shape index (κ2) is 16.0. The molecule has 0 saturated heterocycles. The minimum Gasteiger partial charge on any atom is -1.00 e. The van der Waals surface area contributed by atoms with Gasteiger partial charge in [-0.2, -0.15) is 0 Å². The third-order valence-electron chi connectivity index (χ3n) is 0.866. The van der Waals surface area contributed by atoms with Gasteiger partial charge in [0.25, 0.3) is 0 Å². The largest absolute Gasteiger partial charge is 2.00 e. The molecule has 0 amide bonds. The Morgan fingerprint density at radius 2 is 1.44 bits per heavy atom. The summed E-state index contributed by atoms with van der Waals surface area (Å²) in [5.74, 6) is 0.898. The molecule has 9 heavy (non-hydrogen) atoms. The number of hydrogen-bond acceptors (Lipinski definition) is 0. The van der Waals surface area contributed by atoms with Crippen molar-refractivity contribution in [1.29, 1.82) is 0 Å². The molecule has 0 aromatic rings. The van der Waals surface area contributed by atoms with Gasteiger partial charge < -0.3 is 24.8 Å². The van der Waals surface area contributed by atoms with Gasteiger partial charge in [0, 0.05) is 0 Å². The molecule has 60 valence electrons.